The highest BCUT2D eigenvalue weighted by Gasteiger charge is 2.21. The van der Waals surface area contributed by atoms with Gasteiger partial charge in [-0.15, -0.1) is 0 Å². The molecule has 82 valence electrons. The van der Waals surface area contributed by atoms with E-state index in [1.807, 2.05) is 12.1 Å². The van der Waals surface area contributed by atoms with Gasteiger partial charge in [0.2, 0.25) is 0 Å². The van der Waals surface area contributed by atoms with E-state index >= 15 is 0 Å². The Hall–Kier alpha value is -0.240. The van der Waals surface area contributed by atoms with E-state index in [2.05, 4.69) is 0 Å². The van der Waals surface area contributed by atoms with Crippen LogP contribution in [0.3, 0.4) is 0 Å². The maximum Gasteiger partial charge on any atom is 0.0540 e. The van der Waals surface area contributed by atoms with Crippen molar-refractivity contribution in [3.8, 4) is 0 Å². The monoisotopic (exact) mass is 244 g/mol. The molecular formula is C12H14Cl2O. The number of benzene rings is 1. The lowest BCUT2D eigenvalue weighted by molar-refractivity contribution is 0.122. The Morgan fingerprint density at radius 3 is 2.00 bits per heavy atom. The molecule has 0 unspecified atom stereocenters. The molecule has 1 aromatic carbocycles. The van der Waals surface area contributed by atoms with Gasteiger partial charge in [0.05, 0.1) is 6.10 Å². The Morgan fingerprint density at radius 1 is 0.933 bits per heavy atom. The van der Waals surface area contributed by atoms with Crippen molar-refractivity contribution >= 4 is 23.2 Å². The molecule has 0 heterocycles. The van der Waals surface area contributed by atoms with Crippen LogP contribution in [0.15, 0.2) is 18.2 Å². The first-order chi connectivity index (χ1) is 7.15. The van der Waals surface area contributed by atoms with E-state index in [0.717, 1.165) is 25.7 Å². The molecule has 1 nitrogen and oxygen atoms in total. The van der Waals surface area contributed by atoms with Crippen molar-refractivity contribution < 1.29 is 5.11 Å². The number of aliphatic hydroxyl groups is 1. The second-order valence-corrected chi connectivity index (χ2v) is 5.08. The highest BCUT2D eigenvalue weighted by Crippen LogP contribution is 2.35. The minimum Gasteiger partial charge on any atom is -0.393 e. The minimum atomic E-state index is -0.115. The summed E-state index contributed by atoms with van der Waals surface area (Å²) in [6.07, 6.45) is 3.70. The van der Waals surface area contributed by atoms with Gasteiger partial charge in [-0.3, -0.25) is 0 Å². The zero-order chi connectivity index (χ0) is 10.8. The molecule has 15 heavy (non-hydrogen) atoms. The number of aliphatic hydroxyl groups excluding tert-OH is 1. The number of hydrogen-bond acceptors (Lipinski definition) is 1. The summed E-state index contributed by atoms with van der Waals surface area (Å²) in [5, 5.41) is 10.8. The zero-order valence-corrected chi connectivity index (χ0v) is 9.93. The Balaban J connectivity index is 2.15. The summed E-state index contributed by atoms with van der Waals surface area (Å²) in [5.41, 5.74) is 1.21. The molecular weight excluding hydrogens is 231 g/mol. The lowest BCUT2D eigenvalue weighted by Crippen LogP contribution is -2.16. The van der Waals surface area contributed by atoms with Gasteiger partial charge in [0.15, 0.2) is 0 Å². The molecule has 0 saturated heterocycles. The van der Waals surface area contributed by atoms with Crippen LogP contribution in [0.2, 0.25) is 10.0 Å². The van der Waals surface area contributed by atoms with E-state index in [4.69, 9.17) is 23.2 Å². The lowest BCUT2D eigenvalue weighted by Gasteiger charge is -2.25. The van der Waals surface area contributed by atoms with Crippen LogP contribution in [0.5, 0.6) is 0 Å². The van der Waals surface area contributed by atoms with Crippen LogP contribution < -0.4 is 0 Å². The van der Waals surface area contributed by atoms with Gasteiger partial charge in [-0.1, -0.05) is 23.2 Å². The number of hydrogen-bond donors (Lipinski definition) is 1. The van der Waals surface area contributed by atoms with Gasteiger partial charge in [-0.25, -0.2) is 0 Å². The summed E-state index contributed by atoms with van der Waals surface area (Å²) < 4.78 is 0. The Morgan fingerprint density at radius 2 is 1.47 bits per heavy atom. The smallest absolute Gasteiger partial charge is 0.0540 e. The Bertz CT molecular complexity index is 323. The zero-order valence-electron chi connectivity index (χ0n) is 8.42. The fourth-order valence-corrected chi connectivity index (χ4v) is 2.76. The van der Waals surface area contributed by atoms with Crippen molar-refractivity contribution in [2.24, 2.45) is 0 Å². The third-order valence-electron chi connectivity index (χ3n) is 3.05. The highest BCUT2D eigenvalue weighted by atomic mass is 35.5. The van der Waals surface area contributed by atoms with Crippen molar-refractivity contribution in [2.75, 3.05) is 0 Å². The third kappa shape index (κ3) is 2.87. The van der Waals surface area contributed by atoms with Gasteiger partial charge in [-0.05, 0) is 55.4 Å². The predicted octanol–water partition coefficient (Wildman–Crippen LogP) is 4.01. The molecule has 1 saturated carbocycles. The molecule has 0 spiro atoms. The third-order valence-corrected chi connectivity index (χ3v) is 3.49. The fraction of sp³-hybridized carbons (Fsp3) is 0.500. The van der Waals surface area contributed by atoms with Gasteiger partial charge < -0.3 is 5.11 Å². The fourth-order valence-electron chi connectivity index (χ4n) is 2.22. The van der Waals surface area contributed by atoms with E-state index in [0.29, 0.717) is 16.0 Å². The van der Waals surface area contributed by atoms with E-state index in [1.54, 1.807) is 6.07 Å². The van der Waals surface area contributed by atoms with Crippen LogP contribution in [0.1, 0.15) is 37.2 Å². The Kier molecular flexibility index (Phi) is 3.55. The summed E-state index contributed by atoms with van der Waals surface area (Å²) in [4.78, 5) is 0. The van der Waals surface area contributed by atoms with Crippen LogP contribution in [0.25, 0.3) is 0 Å². The van der Waals surface area contributed by atoms with Crippen molar-refractivity contribution in [3.63, 3.8) is 0 Å². The predicted molar refractivity (Wildman–Crippen MR) is 63.7 cm³/mol. The van der Waals surface area contributed by atoms with E-state index < -0.39 is 0 Å². The second-order valence-electron chi connectivity index (χ2n) is 4.21. The van der Waals surface area contributed by atoms with Crippen LogP contribution in [-0.2, 0) is 0 Å². The maximum atomic E-state index is 9.43. The van der Waals surface area contributed by atoms with Gasteiger partial charge in [-0.2, -0.15) is 0 Å². The first-order valence-corrected chi connectivity index (χ1v) is 6.05. The highest BCUT2D eigenvalue weighted by molar-refractivity contribution is 6.34. The van der Waals surface area contributed by atoms with E-state index in [-0.39, 0.29) is 6.10 Å². The SMILES string of the molecule is OC1CCC(c2cc(Cl)cc(Cl)c2)CC1. The quantitative estimate of drug-likeness (QED) is 0.792. The summed E-state index contributed by atoms with van der Waals surface area (Å²) >= 11 is 11.9. The first-order valence-electron chi connectivity index (χ1n) is 5.29. The molecule has 1 aromatic rings. The average molecular weight is 245 g/mol. The summed E-state index contributed by atoms with van der Waals surface area (Å²) in [6, 6.07) is 5.72. The van der Waals surface area contributed by atoms with E-state index in [9.17, 15) is 5.11 Å². The molecule has 0 amide bonds. The van der Waals surface area contributed by atoms with Crippen molar-refractivity contribution in [1.82, 2.24) is 0 Å². The molecule has 0 radical (unpaired) electrons. The molecule has 1 fully saturated rings. The summed E-state index contributed by atoms with van der Waals surface area (Å²) in [7, 11) is 0. The van der Waals surface area contributed by atoms with Crippen LogP contribution in [0.4, 0.5) is 0 Å². The minimum absolute atomic E-state index is 0.115. The number of halogens is 2. The molecule has 3 heteroatoms. The summed E-state index contributed by atoms with van der Waals surface area (Å²) in [5.74, 6) is 0.504. The van der Waals surface area contributed by atoms with Gasteiger partial charge >= 0.3 is 0 Å². The van der Waals surface area contributed by atoms with Crippen LogP contribution in [-0.4, -0.2) is 11.2 Å². The molecule has 0 bridgehead atoms. The van der Waals surface area contributed by atoms with Crippen molar-refractivity contribution in [1.29, 1.82) is 0 Å². The molecule has 1 N–H and O–H groups in total. The molecule has 0 aromatic heterocycles. The first kappa shape index (κ1) is 11.3. The van der Waals surface area contributed by atoms with E-state index in [1.165, 1.54) is 5.56 Å². The van der Waals surface area contributed by atoms with Crippen LogP contribution in [0, 0.1) is 0 Å². The van der Waals surface area contributed by atoms with Gasteiger partial charge in [0.25, 0.3) is 0 Å². The van der Waals surface area contributed by atoms with Crippen LogP contribution >= 0.6 is 23.2 Å². The molecule has 1 aliphatic rings. The average Bonchev–Trinajstić information content (AvgIpc) is 2.17. The topological polar surface area (TPSA) is 20.2 Å². The molecule has 1 aliphatic carbocycles. The Labute approximate surface area is 100 Å². The standard InChI is InChI=1S/C12H14Cl2O/c13-10-5-9(6-11(14)7-10)8-1-3-12(15)4-2-8/h5-8,12,15H,1-4H2. The normalized spacial score (nSPS) is 26.6. The molecule has 2 rings (SSSR count). The lowest BCUT2D eigenvalue weighted by atomic mass is 9.83. The molecule has 0 atom stereocenters. The number of rotatable bonds is 1. The molecule has 0 aliphatic heterocycles. The van der Waals surface area contributed by atoms with Gasteiger partial charge in [0, 0.05) is 10.0 Å². The van der Waals surface area contributed by atoms with Crippen molar-refractivity contribution in [2.45, 2.75) is 37.7 Å². The second kappa shape index (κ2) is 4.73. The maximum absolute atomic E-state index is 9.43. The van der Waals surface area contributed by atoms with Gasteiger partial charge in [0.1, 0.15) is 0 Å². The van der Waals surface area contributed by atoms with Crippen molar-refractivity contribution in [3.05, 3.63) is 33.8 Å². The largest absolute Gasteiger partial charge is 0.393 e. The summed E-state index contributed by atoms with van der Waals surface area (Å²) in [6.45, 7) is 0.